The number of rotatable bonds is 6. The fourth-order valence-corrected chi connectivity index (χ4v) is 2.63. The van der Waals surface area contributed by atoms with E-state index in [1.807, 2.05) is 0 Å². The zero-order chi connectivity index (χ0) is 17.5. The van der Waals surface area contributed by atoms with Crippen LogP contribution < -0.4 is 5.32 Å². The first-order chi connectivity index (χ1) is 11.5. The predicted molar refractivity (Wildman–Crippen MR) is 88.1 cm³/mol. The summed E-state index contributed by atoms with van der Waals surface area (Å²) in [5, 5.41) is 2.60. The number of anilines is 1. The van der Waals surface area contributed by atoms with E-state index in [2.05, 4.69) is 5.32 Å². The number of carbonyl (C=O) groups is 2. The summed E-state index contributed by atoms with van der Waals surface area (Å²) in [7, 11) is 0. The Hall–Kier alpha value is -2.41. The maximum absolute atomic E-state index is 13.5. The van der Waals surface area contributed by atoms with Gasteiger partial charge in [0.15, 0.2) is 0 Å². The van der Waals surface area contributed by atoms with Crippen molar-refractivity contribution in [3.05, 3.63) is 59.7 Å². The molecular weight excluding hydrogens is 336 g/mol. The third kappa shape index (κ3) is 5.06. The lowest BCUT2D eigenvalue weighted by atomic mass is 10.2. The Bertz CT molecular complexity index is 752. The van der Waals surface area contributed by atoms with Crippen molar-refractivity contribution in [2.45, 2.75) is 11.8 Å². The molecule has 0 bridgehead atoms. The molecule has 1 N–H and O–H groups in total. The number of hydrogen-bond acceptors (Lipinski definition) is 4. The highest BCUT2D eigenvalue weighted by Crippen LogP contribution is 2.23. The molecule has 1 amide bonds. The molecule has 0 unspecified atom stereocenters. The van der Waals surface area contributed by atoms with E-state index in [-0.39, 0.29) is 17.3 Å². The van der Waals surface area contributed by atoms with E-state index in [0.29, 0.717) is 11.3 Å². The maximum atomic E-state index is 13.5. The van der Waals surface area contributed by atoms with Crippen LogP contribution >= 0.6 is 11.8 Å². The van der Waals surface area contributed by atoms with Gasteiger partial charge in [-0.3, -0.25) is 4.79 Å². The Balaban J connectivity index is 1.96. The Morgan fingerprint density at radius 2 is 1.96 bits per heavy atom. The van der Waals surface area contributed by atoms with E-state index in [1.54, 1.807) is 25.1 Å². The van der Waals surface area contributed by atoms with Crippen molar-refractivity contribution in [2.75, 3.05) is 17.7 Å². The molecule has 0 fully saturated rings. The minimum absolute atomic E-state index is 0.0606. The van der Waals surface area contributed by atoms with Crippen LogP contribution in [0.2, 0.25) is 0 Å². The number of nitrogens with one attached hydrogen (secondary N) is 1. The summed E-state index contributed by atoms with van der Waals surface area (Å²) >= 11 is 0.889. The van der Waals surface area contributed by atoms with E-state index >= 15 is 0 Å². The summed E-state index contributed by atoms with van der Waals surface area (Å²) < 4.78 is 31.5. The number of thioether (sulfide) groups is 1. The van der Waals surface area contributed by atoms with Crippen molar-refractivity contribution < 1.29 is 23.1 Å². The van der Waals surface area contributed by atoms with Crippen molar-refractivity contribution in [1.82, 2.24) is 0 Å². The monoisotopic (exact) mass is 351 g/mol. The van der Waals surface area contributed by atoms with Gasteiger partial charge in [0.1, 0.15) is 11.6 Å². The Kier molecular flexibility index (Phi) is 6.31. The molecule has 2 rings (SSSR count). The van der Waals surface area contributed by atoms with Gasteiger partial charge in [-0.2, -0.15) is 0 Å². The quantitative estimate of drug-likeness (QED) is 0.634. The molecule has 7 heteroatoms. The first-order valence-corrected chi connectivity index (χ1v) is 8.13. The molecule has 0 aliphatic heterocycles. The molecule has 0 radical (unpaired) electrons. The van der Waals surface area contributed by atoms with Gasteiger partial charge in [-0.25, -0.2) is 13.6 Å². The largest absolute Gasteiger partial charge is 0.462 e. The molecule has 24 heavy (non-hydrogen) atoms. The second-order valence-electron chi connectivity index (χ2n) is 4.71. The van der Waals surface area contributed by atoms with Gasteiger partial charge in [0.05, 0.1) is 17.9 Å². The molecule has 0 aliphatic carbocycles. The highest BCUT2D eigenvalue weighted by atomic mass is 32.2. The van der Waals surface area contributed by atoms with Gasteiger partial charge in [-0.05, 0) is 43.3 Å². The normalized spacial score (nSPS) is 10.3. The summed E-state index contributed by atoms with van der Waals surface area (Å²) in [4.78, 5) is 23.6. The van der Waals surface area contributed by atoms with Crippen LogP contribution in [0, 0.1) is 11.6 Å². The molecule has 126 valence electrons. The second-order valence-corrected chi connectivity index (χ2v) is 5.73. The first kappa shape index (κ1) is 17.9. The minimum atomic E-state index is -0.585. The summed E-state index contributed by atoms with van der Waals surface area (Å²) in [5.41, 5.74) is 0.740. The van der Waals surface area contributed by atoms with Gasteiger partial charge in [0.2, 0.25) is 5.91 Å². The van der Waals surface area contributed by atoms with Gasteiger partial charge in [-0.15, -0.1) is 11.8 Å². The van der Waals surface area contributed by atoms with Crippen LogP contribution in [-0.4, -0.2) is 24.2 Å². The van der Waals surface area contributed by atoms with E-state index in [9.17, 15) is 18.4 Å². The van der Waals surface area contributed by atoms with Crippen LogP contribution in [0.4, 0.5) is 14.5 Å². The molecule has 0 spiro atoms. The van der Waals surface area contributed by atoms with Crippen molar-refractivity contribution in [1.29, 1.82) is 0 Å². The third-order valence-electron chi connectivity index (χ3n) is 2.91. The molecule has 2 aromatic carbocycles. The molecule has 0 atom stereocenters. The number of carbonyl (C=O) groups excluding carboxylic acids is 2. The first-order valence-electron chi connectivity index (χ1n) is 7.14. The van der Waals surface area contributed by atoms with Crippen molar-refractivity contribution in [3.63, 3.8) is 0 Å². The molecule has 0 aromatic heterocycles. The highest BCUT2D eigenvalue weighted by molar-refractivity contribution is 8.00. The molecule has 0 heterocycles. The zero-order valence-electron chi connectivity index (χ0n) is 12.8. The van der Waals surface area contributed by atoms with Gasteiger partial charge in [0, 0.05) is 10.6 Å². The SMILES string of the molecule is CCOC(=O)c1cccc(NC(=O)CSc2cc(F)ccc2F)c1. The molecule has 0 saturated heterocycles. The number of halogens is 2. The average molecular weight is 351 g/mol. The fourth-order valence-electron chi connectivity index (χ4n) is 1.87. The minimum Gasteiger partial charge on any atom is -0.462 e. The summed E-state index contributed by atoms with van der Waals surface area (Å²) in [6.07, 6.45) is 0. The third-order valence-corrected chi connectivity index (χ3v) is 3.94. The molecule has 2 aromatic rings. The summed E-state index contributed by atoms with van der Waals surface area (Å²) in [6.45, 7) is 1.96. The van der Waals surface area contributed by atoms with Gasteiger partial charge < -0.3 is 10.1 Å². The van der Waals surface area contributed by atoms with Crippen molar-refractivity contribution >= 4 is 29.3 Å². The Morgan fingerprint density at radius 3 is 2.71 bits per heavy atom. The van der Waals surface area contributed by atoms with E-state index in [1.165, 1.54) is 6.07 Å². The Morgan fingerprint density at radius 1 is 1.17 bits per heavy atom. The van der Waals surface area contributed by atoms with Crippen LogP contribution in [0.3, 0.4) is 0 Å². The van der Waals surface area contributed by atoms with Crippen molar-refractivity contribution in [2.24, 2.45) is 0 Å². The van der Waals surface area contributed by atoms with E-state index < -0.39 is 23.5 Å². The maximum Gasteiger partial charge on any atom is 0.338 e. The van der Waals surface area contributed by atoms with Gasteiger partial charge in [-0.1, -0.05) is 6.07 Å². The fraction of sp³-hybridized carbons (Fsp3) is 0.176. The predicted octanol–water partition coefficient (Wildman–Crippen LogP) is 3.87. The lowest BCUT2D eigenvalue weighted by Crippen LogP contribution is -2.14. The second kappa shape index (κ2) is 8.44. The zero-order valence-corrected chi connectivity index (χ0v) is 13.7. The van der Waals surface area contributed by atoms with Crippen LogP contribution in [0.1, 0.15) is 17.3 Å². The van der Waals surface area contributed by atoms with Crippen LogP contribution in [0.5, 0.6) is 0 Å². The van der Waals surface area contributed by atoms with Gasteiger partial charge in [0.25, 0.3) is 0 Å². The lowest BCUT2D eigenvalue weighted by Gasteiger charge is -2.08. The number of hydrogen-bond donors (Lipinski definition) is 1. The van der Waals surface area contributed by atoms with Crippen LogP contribution in [-0.2, 0) is 9.53 Å². The number of ether oxygens (including phenoxy) is 1. The number of amides is 1. The lowest BCUT2D eigenvalue weighted by molar-refractivity contribution is -0.113. The molecular formula is C17H15F2NO3S. The summed E-state index contributed by atoms with van der Waals surface area (Å²) in [6, 6.07) is 9.36. The smallest absolute Gasteiger partial charge is 0.338 e. The van der Waals surface area contributed by atoms with Gasteiger partial charge >= 0.3 is 5.97 Å². The number of benzene rings is 2. The van der Waals surface area contributed by atoms with Crippen LogP contribution in [0.25, 0.3) is 0 Å². The summed E-state index contributed by atoms with van der Waals surface area (Å²) in [5.74, 6) is -2.13. The molecule has 4 nitrogen and oxygen atoms in total. The standard InChI is InChI=1S/C17H15F2NO3S/c1-2-23-17(22)11-4-3-5-13(8-11)20-16(21)10-24-15-9-12(18)6-7-14(15)19/h3-9H,2,10H2,1H3,(H,20,21). The highest BCUT2D eigenvalue weighted by Gasteiger charge is 2.10. The average Bonchev–Trinajstić information content (AvgIpc) is 2.56. The van der Waals surface area contributed by atoms with Crippen molar-refractivity contribution in [3.8, 4) is 0 Å². The topological polar surface area (TPSA) is 55.4 Å². The van der Waals surface area contributed by atoms with E-state index in [4.69, 9.17) is 4.74 Å². The number of esters is 1. The van der Waals surface area contributed by atoms with Crippen LogP contribution in [0.15, 0.2) is 47.4 Å². The molecule has 0 aliphatic rings. The Labute approximate surface area is 142 Å². The van der Waals surface area contributed by atoms with E-state index in [0.717, 1.165) is 30.0 Å². The molecule has 0 saturated carbocycles.